The number of benzene rings is 1. The highest BCUT2D eigenvalue weighted by molar-refractivity contribution is 5.95. The van der Waals surface area contributed by atoms with Crippen LogP contribution in [0.2, 0.25) is 0 Å². The highest BCUT2D eigenvalue weighted by Crippen LogP contribution is 2.24. The van der Waals surface area contributed by atoms with Crippen molar-refractivity contribution in [2.75, 3.05) is 6.61 Å². The van der Waals surface area contributed by atoms with Gasteiger partial charge >= 0.3 is 0 Å². The van der Waals surface area contributed by atoms with Gasteiger partial charge in [0.05, 0.1) is 0 Å². The number of halogens is 1. The normalized spacial score (nSPS) is 22.0. The molecule has 0 spiro atoms. The van der Waals surface area contributed by atoms with Gasteiger partial charge in [-0.25, -0.2) is 9.38 Å². The minimum Gasteiger partial charge on any atom is -0.490 e. The lowest BCUT2D eigenvalue weighted by atomic mass is 10.1. The molecule has 1 atom stereocenters. The molecule has 6 heteroatoms. The summed E-state index contributed by atoms with van der Waals surface area (Å²) in [5.41, 5.74) is 12.1. The topological polar surface area (TPSA) is 85.7 Å². The summed E-state index contributed by atoms with van der Waals surface area (Å²) in [7, 11) is 0. The Bertz CT molecular complexity index is 555. The Labute approximate surface area is 110 Å². The van der Waals surface area contributed by atoms with E-state index in [-0.39, 0.29) is 5.84 Å². The van der Waals surface area contributed by atoms with Crippen LogP contribution in [-0.4, -0.2) is 12.4 Å². The molecule has 0 radical (unpaired) electrons. The third-order valence-corrected chi connectivity index (χ3v) is 2.60. The maximum Gasteiger partial charge on any atom is 0.211 e. The van der Waals surface area contributed by atoms with Crippen molar-refractivity contribution < 1.29 is 9.13 Å². The summed E-state index contributed by atoms with van der Waals surface area (Å²) in [5.74, 6) is -1.56. The first-order chi connectivity index (χ1) is 9.05. The van der Waals surface area contributed by atoms with Gasteiger partial charge < -0.3 is 15.8 Å². The Morgan fingerprint density at radius 2 is 2.32 bits per heavy atom. The van der Waals surface area contributed by atoms with Crippen LogP contribution < -0.4 is 21.5 Å². The van der Waals surface area contributed by atoms with Gasteiger partial charge in [-0.3, -0.25) is 5.73 Å². The zero-order chi connectivity index (χ0) is 13.9. The number of ether oxygens (including phenoxy) is 1. The first kappa shape index (κ1) is 13.1. The van der Waals surface area contributed by atoms with Gasteiger partial charge in [0.25, 0.3) is 0 Å². The van der Waals surface area contributed by atoms with E-state index in [1.54, 1.807) is 30.3 Å². The molecule has 5 nitrogen and oxygen atoms in total. The van der Waals surface area contributed by atoms with Crippen LogP contribution in [0.1, 0.15) is 5.56 Å². The molecular weight excluding hydrogens is 247 g/mol. The van der Waals surface area contributed by atoms with Crippen molar-refractivity contribution >= 4 is 5.84 Å². The van der Waals surface area contributed by atoms with Crippen molar-refractivity contribution in [3.8, 4) is 5.75 Å². The molecule has 0 saturated heterocycles. The van der Waals surface area contributed by atoms with Gasteiger partial charge in [0.2, 0.25) is 5.79 Å². The fourth-order valence-corrected chi connectivity index (χ4v) is 1.65. The van der Waals surface area contributed by atoms with Gasteiger partial charge in [-0.15, -0.1) is 0 Å². The zero-order valence-electron chi connectivity index (χ0n) is 10.3. The molecule has 2 rings (SSSR count). The average Bonchev–Trinajstić information content (AvgIpc) is 2.41. The van der Waals surface area contributed by atoms with Gasteiger partial charge in [-0.05, 0) is 12.1 Å². The van der Waals surface area contributed by atoms with Gasteiger partial charge in [0, 0.05) is 11.8 Å². The van der Waals surface area contributed by atoms with E-state index in [0.717, 1.165) is 6.20 Å². The summed E-state index contributed by atoms with van der Waals surface area (Å²) in [4.78, 5) is 3.93. The number of hydrogen-bond donors (Lipinski definition) is 3. The summed E-state index contributed by atoms with van der Waals surface area (Å²) < 4.78 is 18.5. The van der Waals surface area contributed by atoms with Crippen LogP contribution in [0.5, 0.6) is 5.75 Å². The van der Waals surface area contributed by atoms with Crippen LogP contribution >= 0.6 is 0 Å². The number of nitrogens with one attached hydrogen (secondary N) is 1. The van der Waals surface area contributed by atoms with Crippen LogP contribution in [0.25, 0.3) is 0 Å². The second-order valence-corrected chi connectivity index (χ2v) is 4.03. The average molecular weight is 262 g/mol. The number of rotatable bonds is 4. The van der Waals surface area contributed by atoms with E-state index in [0.29, 0.717) is 17.9 Å². The van der Waals surface area contributed by atoms with Gasteiger partial charge in [-0.2, -0.15) is 0 Å². The van der Waals surface area contributed by atoms with Crippen LogP contribution in [0, 0.1) is 0 Å². The molecule has 1 aliphatic heterocycles. The van der Waals surface area contributed by atoms with Crippen molar-refractivity contribution in [2.24, 2.45) is 16.5 Å². The molecule has 0 aromatic heterocycles. The second-order valence-electron chi connectivity index (χ2n) is 4.03. The van der Waals surface area contributed by atoms with Crippen molar-refractivity contribution in [2.45, 2.75) is 5.79 Å². The van der Waals surface area contributed by atoms with E-state index in [1.165, 1.54) is 0 Å². The third-order valence-electron chi connectivity index (χ3n) is 2.60. The summed E-state index contributed by atoms with van der Waals surface area (Å²) in [5, 5.41) is 2.67. The number of amidine groups is 1. The van der Waals surface area contributed by atoms with Crippen molar-refractivity contribution in [1.29, 1.82) is 0 Å². The van der Waals surface area contributed by atoms with Gasteiger partial charge in [0.15, 0.2) is 11.7 Å². The fraction of sp³-hybridized carbons (Fsp3) is 0.154. The minimum atomic E-state index is -1.30. The van der Waals surface area contributed by atoms with Gasteiger partial charge in [0.1, 0.15) is 12.4 Å². The van der Waals surface area contributed by atoms with Crippen LogP contribution in [0.15, 0.2) is 53.9 Å². The molecule has 0 bridgehead atoms. The molecule has 0 saturated carbocycles. The molecule has 19 heavy (non-hydrogen) atoms. The van der Waals surface area contributed by atoms with E-state index in [9.17, 15) is 4.39 Å². The molecule has 5 N–H and O–H groups in total. The van der Waals surface area contributed by atoms with E-state index < -0.39 is 11.6 Å². The maximum absolute atomic E-state index is 13.1. The van der Waals surface area contributed by atoms with E-state index in [1.807, 2.05) is 0 Å². The SMILES string of the molecule is C=CCOc1cccc(C2(N)N=C(N)C(F)=CN2)c1. The van der Waals surface area contributed by atoms with Crippen molar-refractivity contribution in [1.82, 2.24) is 5.32 Å². The van der Waals surface area contributed by atoms with E-state index in [4.69, 9.17) is 16.2 Å². The summed E-state index contributed by atoms with van der Waals surface area (Å²) in [6, 6.07) is 7.01. The molecule has 0 aliphatic carbocycles. The number of hydrogen-bond acceptors (Lipinski definition) is 5. The third kappa shape index (κ3) is 2.74. The number of aliphatic imine (C=N–C) groups is 1. The predicted molar refractivity (Wildman–Crippen MR) is 71.9 cm³/mol. The lowest BCUT2D eigenvalue weighted by molar-refractivity contribution is 0.357. The highest BCUT2D eigenvalue weighted by atomic mass is 19.1. The molecule has 1 aromatic rings. The van der Waals surface area contributed by atoms with Crippen molar-refractivity contribution in [3.63, 3.8) is 0 Å². The maximum atomic E-state index is 13.1. The molecule has 1 aromatic carbocycles. The molecule has 1 heterocycles. The standard InChI is InChI=1S/C13H15FN4O/c1-2-6-19-10-5-3-4-9(7-10)13(16)17-8-11(14)12(15)18-13/h2-5,7-8,17H,1,6,16H2,(H2,15,18). The number of nitrogens with two attached hydrogens (primary N) is 2. The van der Waals surface area contributed by atoms with E-state index >= 15 is 0 Å². The lowest BCUT2D eigenvalue weighted by Crippen LogP contribution is -2.50. The second kappa shape index (κ2) is 5.11. The fourth-order valence-electron chi connectivity index (χ4n) is 1.65. The monoisotopic (exact) mass is 262 g/mol. The Hall–Kier alpha value is -2.34. The molecule has 0 fully saturated rings. The molecule has 100 valence electrons. The van der Waals surface area contributed by atoms with Crippen molar-refractivity contribution in [3.05, 3.63) is 54.5 Å². The Balaban J connectivity index is 2.29. The molecule has 1 unspecified atom stereocenters. The Kier molecular flexibility index (Phi) is 3.52. The first-order valence-electron chi connectivity index (χ1n) is 5.67. The predicted octanol–water partition coefficient (Wildman–Crippen LogP) is 1.09. The largest absolute Gasteiger partial charge is 0.490 e. The quantitative estimate of drug-likeness (QED) is 0.709. The molecular formula is C13H15FN4O. The lowest BCUT2D eigenvalue weighted by Gasteiger charge is -2.29. The zero-order valence-corrected chi connectivity index (χ0v) is 10.3. The van der Waals surface area contributed by atoms with Gasteiger partial charge in [-0.1, -0.05) is 24.8 Å². The Morgan fingerprint density at radius 3 is 3.00 bits per heavy atom. The smallest absolute Gasteiger partial charge is 0.211 e. The molecule has 1 aliphatic rings. The molecule has 0 amide bonds. The minimum absolute atomic E-state index is 0.237. The van der Waals surface area contributed by atoms with Crippen LogP contribution in [0.4, 0.5) is 4.39 Å². The first-order valence-corrected chi connectivity index (χ1v) is 5.67. The number of nitrogens with zero attached hydrogens (tertiary/aromatic N) is 1. The summed E-state index contributed by atoms with van der Waals surface area (Å²) in [6.07, 6.45) is 2.73. The van der Waals surface area contributed by atoms with Crippen LogP contribution in [0.3, 0.4) is 0 Å². The Morgan fingerprint density at radius 1 is 1.53 bits per heavy atom. The van der Waals surface area contributed by atoms with E-state index in [2.05, 4.69) is 16.9 Å². The summed E-state index contributed by atoms with van der Waals surface area (Å²) >= 11 is 0. The summed E-state index contributed by atoms with van der Waals surface area (Å²) in [6.45, 7) is 3.95. The van der Waals surface area contributed by atoms with Crippen LogP contribution in [-0.2, 0) is 5.79 Å². The highest BCUT2D eigenvalue weighted by Gasteiger charge is 2.30.